The molecule has 0 fully saturated rings. The number of rotatable bonds is 11. The number of nitrogens with zero attached hydrogens (tertiary/aromatic N) is 1. The third-order valence-electron chi connectivity index (χ3n) is 5.69. The molecule has 0 aliphatic carbocycles. The average Bonchev–Trinajstić information content (AvgIpc) is 2.89. The van der Waals surface area contributed by atoms with Gasteiger partial charge in [-0.2, -0.15) is 4.31 Å². The number of hydrogen-bond donors (Lipinski definition) is 1. The molecule has 37 heavy (non-hydrogen) atoms. The lowest BCUT2D eigenvalue weighted by Gasteiger charge is -2.22. The summed E-state index contributed by atoms with van der Waals surface area (Å²) in [5.41, 5.74) is 0.414. The monoisotopic (exact) mass is 534 g/mol. The Bertz CT molecular complexity index is 1360. The van der Waals surface area contributed by atoms with E-state index in [0.717, 1.165) is 16.4 Å². The van der Waals surface area contributed by atoms with E-state index in [1.54, 1.807) is 25.1 Å². The molecule has 1 N–H and O–H groups in total. The molecule has 3 aromatic carbocycles. The molecular formula is C26H28F2N2O6S. The van der Waals surface area contributed by atoms with Gasteiger partial charge in [0, 0.05) is 24.6 Å². The summed E-state index contributed by atoms with van der Waals surface area (Å²) in [4.78, 5) is 12.9. The normalized spacial score (nSPS) is 11.3. The summed E-state index contributed by atoms with van der Waals surface area (Å²) in [5, 5.41) is 2.66. The number of sulfonamides is 1. The van der Waals surface area contributed by atoms with E-state index in [4.69, 9.17) is 14.2 Å². The first-order chi connectivity index (χ1) is 17.7. The summed E-state index contributed by atoms with van der Waals surface area (Å²) in [5.74, 6) is -1.27. The maximum atomic E-state index is 14.3. The van der Waals surface area contributed by atoms with E-state index in [0.29, 0.717) is 11.3 Å². The Hall–Kier alpha value is -3.70. The molecule has 3 aromatic rings. The number of carbonyl (C=O) groups is 1. The van der Waals surface area contributed by atoms with Crippen molar-refractivity contribution in [3.63, 3.8) is 0 Å². The van der Waals surface area contributed by atoms with Gasteiger partial charge in [-0.15, -0.1) is 0 Å². The van der Waals surface area contributed by atoms with E-state index in [2.05, 4.69) is 5.32 Å². The van der Waals surface area contributed by atoms with Crippen LogP contribution < -0.4 is 19.5 Å². The molecule has 0 aromatic heterocycles. The highest BCUT2D eigenvalue weighted by Crippen LogP contribution is 2.32. The average molecular weight is 535 g/mol. The first-order valence-electron chi connectivity index (χ1n) is 11.3. The molecule has 0 radical (unpaired) electrons. The molecule has 8 nitrogen and oxygen atoms in total. The van der Waals surface area contributed by atoms with E-state index in [-0.39, 0.29) is 40.6 Å². The Balaban J connectivity index is 1.88. The van der Waals surface area contributed by atoms with Crippen LogP contribution in [0.15, 0.2) is 59.5 Å². The standard InChI is InChI=1S/C26H28F2N2O6S/c1-5-30(37(32,33)18-12-13-22(34-2)24(15-18)36-4)16-25(31)29-26-17(8-6-11-23(26)35-3)14-19-20(27)9-7-10-21(19)28/h6-13,15H,5,14,16H2,1-4H3,(H,29,31). The van der Waals surface area contributed by atoms with Gasteiger partial charge in [0.15, 0.2) is 11.5 Å². The zero-order valence-corrected chi connectivity index (χ0v) is 21.7. The van der Waals surface area contributed by atoms with Crippen LogP contribution in [-0.2, 0) is 21.2 Å². The number of halogens is 2. The molecule has 0 spiro atoms. The molecule has 11 heteroatoms. The highest BCUT2D eigenvalue weighted by molar-refractivity contribution is 7.89. The number of carbonyl (C=O) groups excluding carboxylic acids is 1. The summed E-state index contributed by atoms with van der Waals surface area (Å²) in [6.07, 6.45) is -0.160. The predicted octanol–water partition coefficient (Wildman–Crippen LogP) is 4.23. The smallest absolute Gasteiger partial charge is 0.243 e. The Morgan fingerprint density at radius 1 is 0.892 bits per heavy atom. The fourth-order valence-corrected chi connectivity index (χ4v) is 5.18. The number of hydrogen-bond acceptors (Lipinski definition) is 6. The van der Waals surface area contributed by atoms with E-state index in [9.17, 15) is 22.0 Å². The Morgan fingerprint density at radius 2 is 1.51 bits per heavy atom. The van der Waals surface area contributed by atoms with E-state index in [1.807, 2.05) is 0 Å². The second kappa shape index (κ2) is 12.0. The van der Waals surface area contributed by atoms with Gasteiger partial charge in [0.1, 0.15) is 17.4 Å². The van der Waals surface area contributed by atoms with Gasteiger partial charge in [-0.05, 0) is 35.9 Å². The molecular weight excluding hydrogens is 506 g/mol. The van der Waals surface area contributed by atoms with Gasteiger partial charge < -0.3 is 19.5 Å². The third-order valence-corrected chi connectivity index (χ3v) is 7.61. The number of ether oxygens (including phenoxy) is 3. The summed E-state index contributed by atoms with van der Waals surface area (Å²) in [6, 6.07) is 12.5. The van der Waals surface area contributed by atoms with Crippen LogP contribution in [0.5, 0.6) is 17.2 Å². The van der Waals surface area contributed by atoms with Crippen molar-refractivity contribution >= 4 is 21.6 Å². The number of nitrogens with one attached hydrogen (secondary N) is 1. The van der Waals surface area contributed by atoms with Crippen molar-refractivity contribution in [1.82, 2.24) is 4.31 Å². The molecule has 0 saturated heterocycles. The van der Waals surface area contributed by atoms with Crippen molar-refractivity contribution in [2.24, 2.45) is 0 Å². The maximum absolute atomic E-state index is 14.3. The molecule has 0 bridgehead atoms. The Kier molecular flexibility index (Phi) is 9.06. The molecule has 0 unspecified atom stereocenters. The topological polar surface area (TPSA) is 94.2 Å². The lowest BCUT2D eigenvalue weighted by atomic mass is 10.0. The number of benzene rings is 3. The van der Waals surface area contributed by atoms with Crippen molar-refractivity contribution in [2.75, 3.05) is 39.7 Å². The Labute approximate surface area is 214 Å². The van der Waals surface area contributed by atoms with Crippen molar-refractivity contribution in [1.29, 1.82) is 0 Å². The number of anilines is 1. The summed E-state index contributed by atoms with van der Waals surface area (Å²) in [7, 11) is 0.130. The summed E-state index contributed by atoms with van der Waals surface area (Å²) >= 11 is 0. The summed E-state index contributed by atoms with van der Waals surface area (Å²) < 4.78 is 71.8. The van der Waals surface area contributed by atoms with Crippen LogP contribution >= 0.6 is 0 Å². The molecule has 1 amide bonds. The van der Waals surface area contributed by atoms with E-state index < -0.39 is 34.1 Å². The fourth-order valence-electron chi connectivity index (χ4n) is 3.76. The van der Waals surface area contributed by atoms with Crippen LogP contribution in [0.4, 0.5) is 14.5 Å². The molecule has 0 aliphatic heterocycles. The molecule has 0 aliphatic rings. The van der Waals surface area contributed by atoms with Crippen LogP contribution in [0.2, 0.25) is 0 Å². The minimum atomic E-state index is -4.08. The third kappa shape index (κ3) is 6.17. The first-order valence-corrected chi connectivity index (χ1v) is 12.7. The molecule has 0 saturated carbocycles. The minimum absolute atomic E-state index is 0.00329. The van der Waals surface area contributed by atoms with Gasteiger partial charge in [-0.3, -0.25) is 4.79 Å². The fraction of sp³-hybridized carbons (Fsp3) is 0.269. The van der Waals surface area contributed by atoms with Crippen molar-refractivity contribution < 1.29 is 36.2 Å². The number of amides is 1. The highest BCUT2D eigenvalue weighted by atomic mass is 32.2. The second-order valence-corrected chi connectivity index (χ2v) is 9.81. The predicted molar refractivity (Wildman–Crippen MR) is 135 cm³/mol. The SMILES string of the molecule is CCN(CC(=O)Nc1c(Cc2c(F)cccc2F)cccc1OC)S(=O)(=O)c1ccc(OC)c(OC)c1. The van der Waals surface area contributed by atoms with Crippen LogP contribution in [-0.4, -0.2) is 53.0 Å². The van der Waals surface area contributed by atoms with E-state index >= 15 is 0 Å². The largest absolute Gasteiger partial charge is 0.495 e. The quantitative estimate of drug-likeness (QED) is 0.396. The van der Waals surface area contributed by atoms with Crippen LogP contribution in [0, 0.1) is 11.6 Å². The van der Waals surface area contributed by atoms with Crippen LogP contribution in [0.3, 0.4) is 0 Å². The molecule has 0 heterocycles. The van der Waals surface area contributed by atoms with Crippen LogP contribution in [0.1, 0.15) is 18.1 Å². The van der Waals surface area contributed by atoms with E-state index in [1.165, 1.54) is 45.6 Å². The van der Waals surface area contributed by atoms with Gasteiger partial charge in [0.25, 0.3) is 0 Å². The van der Waals surface area contributed by atoms with Crippen molar-refractivity contribution in [3.8, 4) is 17.2 Å². The lowest BCUT2D eigenvalue weighted by molar-refractivity contribution is -0.116. The number of methoxy groups -OCH3 is 3. The minimum Gasteiger partial charge on any atom is -0.495 e. The molecule has 0 atom stereocenters. The van der Waals surface area contributed by atoms with Crippen molar-refractivity contribution in [3.05, 3.63) is 77.4 Å². The summed E-state index contributed by atoms with van der Waals surface area (Å²) in [6.45, 7) is 1.09. The number of likely N-dealkylation sites (N-methyl/N-ethyl adjacent to an activating group) is 1. The van der Waals surface area contributed by atoms with Gasteiger partial charge >= 0.3 is 0 Å². The first kappa shape index (κ1) is 27.9. The van der Waals surface area contributed by atoms with Gasteiger partial charge in [0.2, 0.25) is 15.9 Å². The van der Waals surface area contributed by atoms with Gasteiger partial charge in [0.05, 0.1) is 38.5 Å². The van der Waals surface area contributed by atoms with Crippen molar-refractivity contribution in [2.45, 2.75) is 18.2 Å². The Morgan fingerprint density at radius 3 is 2.11 bits per heavy atom. The lowest BCUT2D eigenvalue weighted by Crippen LogP contribution is -2.38. The van der Waals surface area contributed by atoms with Crippen LogP contribution in [0.25, 0.3) is 0 Å². The maximum Gasteiger partial charge on any atom is 0.243 e. The second-order valence-electron chi connectivity index (χ2n) is 7.87. The molecule has 198 valence electrons. The highest BCUT2D eigenvalue weighted by Gasteiger charge is 2.27. The zero-order chi connectivity index (χ0) is 27.2. The molecule has 3 rings (SSSR count). The number of para-hydroxylation sites is 1. The van der Waals surface area contributed by atoms with Gasteiger partial charge in [-0.25, -0.2) is 17.2 Å². The zero-order valence-electron chi connectivity index (χ0n) is 20.9. The van der Waals surface area contributed by atoms with Gasteiger partial charge in [-0.1, -0.05) is 25.1 Å².